The van der Waals surface area contributed by atoms with E-state index in [-0.39, 0.29) is 10.9 Å². The lowest BCUT2D eigenvalue weighted by Crippen LogP contribution is -2.23. The van der Waals surface area contributed by atoms with Gasteiger partial charge in [-0.1, -0.05) is 53.7 Å². The Balaban J connectivity index is 1.86. The average Bonchev–Trinajstić information content (AvgIpc) is 2.79. The number of halogens is 4. The van der Waals surface area contributed by atoms with Crippen LogP contribution in [0.3, 0.4) is 0 Å². The molecule has 1 atom stereocenters. The van der Waals surface area contributed by atoms with E-state index in [0.717, 1.165) is 17.8 Å². The smallest absolute Gasteiger partial charge is 0.433 e. The predicted octanol–water partition coefficient (Wildman–Crippen LogP) is 5.95. The fourth-order valence-corrected chi connectivity index (χ4v) is 3.80. The van der Waals surface area contributed by atoms with Crippen LogP contribution in [0.2, 0.25) is 5.02 Å². The largest absolute Gasteiger partial charge is 0.495 e. The van der Waals surface area contributed by atoms with Gasteiger partial charge in [0.2, 0.25) is 5.91 Å². The van der Waals surface area contributed by atoms with Crippen LogP contribution in [0.1, 0.15) is 12.6 Å². The number of thioether (sulfide) groups is 1. The Bertz CT molecular complexity index is 1150. The minimum Gasteiger partial charge on any atom is -0.495 e. The number of hydrogen-bond acceptors (Lipinski definition) is 6. The first kappa shape index (κ1) is 24.7. The van der Waals surface area contributed by atoms with Crippen molar-refractivity contribution >= 4 is 35.0 Å². The molecule has 1 aromatic heterocycles. The van der Waals surface area contributed by atoms with E-state index in [2.05, 4.69) is 15.3 Å². The van der Waals surface area contributed by atoms with E-state index < -0.39 is 23.0 Å². The van der Waals surface area contributed by atoms with Crippen LogP contribution < -0.4 is 14.8 Å². The first-order chi connectivity index (χ1) is 15.6. The fraction of sp³-hybridized carbons (Fsp3) is 0.227. The standard InChI is InChI=1S/C22H19ClF3N3O3S/c1-12(20(30)27-16-10-17(31-2)14(23)9-18(16)32-3)33-21-28-15(13-7-5-4-6-8-13)11-19(29-21)22(24,25)26/h4-12H,1-3H3,(H,27,30)/t12-/m0/s1. The topological polar surface area (TPSA) is 73.3 Å². The summed E-state index contributed by atoms with van der Waals surface area (Å²) in [6.07, 6.45) is -4.67. The Kier molecular flexibility index (Phi) is 7.70. The monoisotopic (exact) mass is 497 g/mol. The molecular formula is C22H19ClF3N3O3S. The van der Waals surface area contributed by atoms with Gasteiger partial charge in [-0.2, -0.15) is 13.2 Å². The van der Waals surface area contributed by atoms with Gasteiger partial charge < -0.3 is 14.8 Å². The van der Waals surface area contributed by atoms with Gasteiger partial charge in [-0.3, -0.25) is 4.79 Å². The molecular weight excluding hydrogens is 479 g/mol. The van der Waals surface area contributed by atoms with Gasteiger partial charge in [-0.05, 0) is 13.0 Å². The van der Waals surface area contributed by atoms with Crippen molar-refractivity contribution in [1.82, 2.24) is 9.97 Å². The van der Waals surface area contributed by atoms with Crippen molar-refractivity contribution in [2.45, 2.75) is 23.5 Å². The van der Waals surface area contributed by atoms with Crippen LogP contribution in [0.4, 0.5) is 18.9 Å². The quantitative estimate of drug-likeness (QED) is 0.321. The highest BCUT2D eigenvalue weighted by molar-refractivity contribution is 8.00. The SMILES string of the molecule is COc1cc(NC(=O)[C@H](C)Sc2nc(-c3ccccc3)cc(C(F)(F)F)n2)c(OC)cc1Cl. The van der Waals surface area contributed by atoms with Crippen molar-refractivity contribution < 1.29 is 27.4 Å². The zero-order valence-corrected chi connectivity index (χ0v) is 19.3. The maximum Gasteiger partial charge on any atom is 0.433 e. The van der Waals surface area contributed by atoms with E-state index in [9.17, 15) is 18.0 Å². The molecule has 0 aliphatic rings. The normalized spacial score (nSPS) is 12.2. The summed E-state index contributed by atoms with van der Waals surface area (Å²) in [5.74, 6) is 0.125. The van der Waals surface area contributed by atoms with E-state index in [1.54, 1.807) is 30.3 Å². The number of nitrogens with one attached hydrogen (secondary N) is 1. The number of aromatic nitrogens is 2. The number of alkyl halides is 3. The van der Waals surface area contributed by atoms with E-state index in [0.29, 0.717) is 27.8 Å². The minimum absolute atomic E-state index is 0.108. The number of carbonyl (C=O) groups excluding carboxylic acids is 1. The summed E-state index contributed by atoms with van der Waals surface area (Å²) in [5, 5.41) is 1.96. The molecule has 174 valence electrons. The molecule has 0 spiro atoms. The Morgan fingerprint density at radius 1 is 1.06 bits per heavy atom. The molecule has 0 bridgehead atoms. The molecule has 3 rings (SSSR count). The highest BCUT2D eigenvalue weighted by Crippen LogP contribution is 2.37. The van der Waals surface area contributed by atoms with Gasteiger partial charge in [0.25, 0.3) is 0 Å². The van der Waals surface area contributed by atoms with Gasteiger partial charge in [0.15, 0.2) is 5.16 Å². The maximum absolute atomic E-state index is 13.4. The Hall–Kier alpha value is -2.98. The van der Waals surface area contributed by atoms with Crippen molar-refractivity contribution in [2.75, 3.05) is 19.5 Å². The molecule has 0 radical (unpaired) electrons. The third-order valence-corrected chi connectivity index (χ3v) is 5.71. The summed E-state index contributed by atoms with van der Waals surface area (Å²) in [4.78, 5) is 20.6. The van der Waals surface area contributed by atoms with Crippen LogP contribution in [0.25, 0.3) is 11.3 Å². The molecule has 0 saturated carbocycles. The van der Waals surface area contributed by atoms with E-state index in [1.807, 2.05) is 0 Å². The van der Waals surface area contributed by atoms with Crippen molar-refractivity contribution in [1.29, 1.82) is 0 Å². The first-order valence-electron chi connectivity index (χ1n) is 9.53. The summed E-state index contributed by atoms with van der Waals surface area (Å²) in [6.45, 7) is 1.53. The van der Waals surface area contributed by atoms with Crippen LogP contribution in [0.15, 0.2) is 53.7 Å². The number of anilines is 1. The van der Waals surface area contributed by atoms with Crippen LogP contribution in [-0.2, 0) is 11.0 Å². The lowest BCUT2D eigenvalue weighted by Gasteiger charge is -2.16. The third-order valence-electron chi connectivity index (χ3n) is 4.45. The lowest BCUT2D eigenvalue weighted by molar-refractivity contribution is -0.141. The Morgan fingerprint density at radius 3 is 2.33 bits per heavy atom. The number of nitrogens with zero attached hydrogens (tertiary/aromatic N) is 2. The van der Waals surface area contributed by atoms with Gasteiger partial charge in [0.1, 0.15) is 17.2 Å². The molecule has 6 nitrogen and oxygen atoms in total. The Labute approximate surface area is 197 Å². The average molecular weight is 498 g/mol. The Morgan fingerprint density at radius 2 is 1.73 bits per heavy atom. The first-order valence-corrected chi connectivity index (χ1v) is 10.8. The predicted molar refractivity (Wildman–Crippen MR) is 121 cm³/mol. The van der Waals surface area contributed by atoms with Crippen LogP contribution in [0.5, 0.6) is 11.5 Å². The van der Waals surface area contributed by atoms with Crippen LogP contribution in [-0.4, -0.2) is 35.3 Å². The number of methoxy groups -OCH3 is 2. The molecule has 33 heavy (non-hydrogen) atoms. The molecule has 2 aromatic carbocycles. The molecule has 0 saturated heterocycles. The van der Waals surface area contributed by atoms with Crippen molar-refractivity contribution in [3.05, 3.63) is 59.2 Å². The maximum atomic E-state index is 13.4. The highest BCUT2D eigenvalue weighted by Gasteiger charge is 2.34. The number of rotatable bonds is 7. The van der Waals surface area contributed by atoms with Gasteiger partial charge >= 0.3 is 6.18 Å². The molecule has 0 aliphatic carbocycles. The van der Waals surface area contributed by atoms with Crippen molar-refractivity contribution in [3.63, 3.8) is 0 Å². The minimum atomic E-state index is -4.67. The molecule has 0 aliphatic heterocycles. The summed E-state index contributed by atoms with van der Waals surface area (Å²) in [6, 6.07) is 12.3. The lowest BCUT2D eigenvalue weighted by atomic mass is 10.1. The molecule has 1 N–H and O–H groups in total. The third kappa shape index (κ3) is 6.08. The van der Waals surface area contributed by atoms with E-state index in [1.165, 1.54) is 33.3 Å². The number of amides is 1. The van der Waals surface area contributed by atoms with Gasteiger partial charge in [-0.15, -0.1) is 0 Å². The number of hydrogen-bond donors (Lipinski definition) is 1. The van der Waals surface area contributed by atoms with Crippen LogP contribution in [0, 0.1) is 0 Å². The zero-order valence-electron chi connectivity index (χ0n) is 17.7. The zero-order chi connectivity index (χ0) is 24.2. The molecule has 1 heterocycles. The van der Waals surface area contributed by atoms with Gasteiger partial charge in [0.05, 0.1) is 35.9 Å². The second-order valence-corrected chi connectivity index (χ2v) is 8.44. The molecule has 3 aromatic rings. The van der Waals surface area contributed by atoms with Crippen LogP contribution >= 0.6 is 23.4 Å². The number of benzene rings is 2. The fourth-order valence-electron chi connectivity index (χ4n) is 2.78. The second-order valence-electron chi connectivity index (χ2n) is 6.72. The van der Waals surface area contributed by atoms with E-state index in [4.69, 9.17) is 21.1 Å². The summed E-state index contributed by atoms with van der Waals surface area (Å²) >= 11 is 6.88. The molecule has 0 unspecified atom stereocenters. The summed E-state index contributed by atoms with van der Waals surface area (Å²) in [7, 11) is 2.83. The van der Waals surface area contributed by atoms with Crippen molar-refractivity contribution in [3.8, 4) is 22.8 Å². The van der Waals surface area contributed by atoms with E-state index >= 15 is 0 Å². The van der Waals surface area contributed by atoms with Gasteiger partial charge in [-0.25, -0.2) is 9.97 Å². The van der Waals surface area contributed by atoms with Gasteiger partial charge in [0, 0.05) is 17.7 Å². The molecule has 11 heteroatoms. The summed E-state index contributed by atoms with van der Waals surface area (Å²) < 4.78 is 50.6. The molecule has 1 amide bonds. The van der Waals surface area contributed by atoms with Crippen molar-refractivity contribution in [2.24, 2.45) is 0 Å². The number of ether oxygens (including phenoxy) is 2. The molecule has 0 fully saturated rings. The highest BCUT2D eigenvalue weighted by atomic mass is 35.5. The second kappa shape index (κ2) is 10.3. The summed E-state index contributed by atoms with van der Waals surface area (Å²) in [5.41, 5.74) is -0.179. The number of carbonyl (C=O) groups is 1.